The zero-order chi connectivity index (χ0) is 36.8. The van der Waals surface area contributed by atoms with Crippen LogP contribution >= 0.6 is 11.3 Å². The van der Waals surface area contributed by atoms with E-state index in [2.05, 4.69) is 20.8 Å². The lowest BCUT2D eigenvalue weighted by Gasteiger charge is -2.33. The first-order valence-corrected chi connectivity index (χ1v) is 18.8. The minimum absolute atomic E-state index is 0.0142. The van der Waals surface area contributed by atoms with Gasteiger partial charge in [-0.3, -0.25) is 4.79 Å². The molecule has 1 heterocycles. The van der Waals surface area contributed by atoms with E-state index in [-0.39, 0.29) is 42.8 Å². The van der Waals surface area contributed by atoms with Crippen molar-refractivity contribution in [2.75, 3.05) is 27.2 Å². The molecule has 15 heteroatoms. The normalized spacial score (nSPS) is 14.4. The number of aliphatic hydroxyl groups is 1. The highest BCUT2D eigenvalue weighted by Crippen LogP contribution is 2.20. The molecule has 0 fully saturated rings. The molecule has 2 aromatic carbocycles. The molecule has 0 aliphatic carbocycles. The number of amides is 3. The zero-order valence-electron chi connectivity index (χ0n) is 29.5. The molecule has 13 nitrogen and oxygen atoms in total. The molecular formula is C35H50N6O7S2. The van der Waals surface area contributed by atoms with Crippen molar-refractivity contribution in [3.8, 4) is 0 Å². The molecule has 0 radical (unpaired) electrons. The van der Waals surface area contributed by atoms with Crippen LogP contribution in [0.5, 0.6) is 0 Å². The number of urea groups is 1. The summed E-state index contributed by atoms with van der Waals surface area (Å²) in [6.45, 7) is 7.97. The van der Waals surface area contributed by atoms with Crippen LogP contribution in [0.1, 0.15) is 55.9 Å². The van der Waals surface area contributed by atoms with Gasteiger partial charge in [-0.15, -0.1) is 11.3 Å². The fraction of sp³-hybridized carbons (Fsp3) is 0.486. The number of thiazole rings is 1. The van der Waals surface area contributed by atoms with Gasteiger partial charge in [-0.25, -0.2) is 18.2 Å². The Balaban J connectivity index is 1.85. The molecule has 4 N–H and O–H groups in total. The van der Waals surface area contributed by atoms with Crippen molar-refractivity contribution >= 4 is 39.5 Å². The number of benzene rings is 2. The Hall–Kier alpha value is -3.89. The lowest BCUT2D eigenvalue weighted by molar-refractivity contribution is -0.125. The van der Waals surface area contributed by atoms with Crippen LogP contribution in [0.3, 0.4) is 0 Å². The summed E-state index contributed by atoms with van der Waals surface area (Å²) in [4.78, 5) is 33.2. The van der Waals surface area contributed by atoms with E-state index in [1.165, 1.54) is 51.0 Å². The molecule has 0 bridgehead atoms. The number of ether oxygens (including phenoxy) is 1. The van der Waals surface area contributed by atoms with Crippen LogP contribution in [0.25, 0.3) is 0 Å². The fourth-order valence-electron chi connectivity index (χ4n) is 5.25. The highest BCUT2D eigenvalue weighted by Gasteiger charge is 2.34. The Labute approximate surface area is 299 Å². The number of nitrogens with zero attached hydrogens (tertiary/aromatic N) is 4. The first-order valence-electron chi connectivity index (χ1n) is 16.5. The third kappa shape index (κ3) is 11.9. The van der Waals surface area contributed by atoms with Gasteiger partial charge in [-0.1, -0.05) is 81.7 Å². The summed E-state index contributed by atoms with van der Waals surface area (Å²) >= 11 is 1.44. The van der Waals surface area contributed by atoms with E-state index in [9.17, 15) is 23.1 Å². The smallest absolute Gasteiger partial charge is 0.318 e. The minimum atomic E-state index is -4.06. The maximum atomic E-state index is 14.0. The summed E-state index contributed by atoms with van der Waals surface area (Å²) in [6, 6.07) is 12.9. The summed E-state index contributed by atoms with van der Waals surface area (Å²) in [5.41, 5.74) is 2.04. The van der Waals surface area contributed by atoms with Crippen molar-refractivity contribution in [1.29, 1.82) is 0 Å². The van der Waals surface area contributed by atoms with Crippen molar-refractivity contribution in [2.24, 2.45) is 17.0 Å². The van der Waals surface area contributed by atoms with Gasteiger partial charge in [0, 0.05) is 32.6 Å². The Morgan fingerprint density at radius 2 is 1.74 bits per heavy atom. The van der Waals surface area contributed by atoms with E-state index >= 15 is 0 Å². The van der Waals surface area contributed by atoms with E-state index in [1.54, 1.807) is 14.2 Å². The maximum absolute atomic E-state index is 14.0. The largest absolute Gasteiger partial charge is 0.411 e. The number of carbonyl (C=O) groups excluding carboxylic acids is 2. The molecule has 4 atom stereocenters. The van der Waals surface area contributed by atoms with E-state index in [0.717, 1.165) is 10.6 Å². The van der Waals surface area contributed by atoms with E-state index in [0.29, 0.717) is 24.3 Å². The Morgan fingerprint density at radius 3 is 2.34 bits per heavy atom. The van der Waals surface area contributed by atoms with E-state index in [4.69, 9.17) is 9.94 Å². The van der Waals surface area contributed by atoms with Crippen molar-refractivity contribution in [3.63, 3.8) is 0 Å². The molecule has 1 aromatic heterocycles. The number of carbonyl (C=O) groups is 2. The Morgan fingerprint density at radius 1 is 1.06 bits per heavy atom. The third-order valence-corrected chi connectivity index (χ3v) is 10.9. The number of sulfonamides is 1. The molecule has 0 aliphatic rings. The van der Waals surface area contributed by atoms with Gasteiger partial charge in [0.25, 0.3) is 0 Å². The maximum Gasteiger partial charge on any atom is 0.318 e. The number of methoxy groups -OCH3 is 1. The van der Waals surface area contributed by atoms with Gasteiger partial charge in [-0.05, 0) is 41.5 Å². The highest BCUT2D eigenvalue weighted by molar-refractivity contribution is 7.89. The molecule has 274 valence electrons. The Bertz CT molecular complexity index is 1630. The number of hydrogen-bond donors (Lipinski definition) is 4. The topological polar surface area (TPSA) is 174 Å². The number of hydrogen-bond acceptors (Lipinski definition) is 10. The van der Waals surface area contributed by atoms with Gasteiger partial charge < -0.3 is 30.6 Å². The second-order valence-corrected chi connectivity index (χ2v) is 15.6. The zero-order valence-corrected chi connectivity index (χ0v) is 31.2. The van der Waals surface area contributed by atoms with Crippen LogP contribution in [0.4, 0.5) is 4.79 Å². The van der Waals surface area contributed by atoms with Crippen LogP contribution in [-0.2, 0) is 39.1 Å². The van der Waals surface area contributed by atoms with Gasteiger partial charge in [0.05, 0.1) is 42.1 Å². The van der Waals surface area contributed by atoms with Crippen molar-refractivity contribution in [3.05, 3.63) is 81.8 Å². The quantitative estimate of drug-likeness (QED) is 0.0811. The summed E-state index contributed by atoms with van der Waals surface area (Å²) in [6.07, 6.45) is 0.683. The highest BCUT2D eigenvalue weighted by atomic mass is 32.2. The number of rotatable bonds is 19. The van der Waals surface area contributed by atoms with Crippen molar-refractivity contribution < 1.29 is 33.1 Å². The molecule has 0 saturated heterocycles. The third-order valence-electron chi connectivity index (χ3n) is 8.16. The minimum Gasteiger partial charge on any atom is -0.411 e. The average Bonchev–Trinajstić information content (AvgIpc) is 3.53. The van der Waals surface area contributed by atoms with Gasteiger partial charge in [0.1, 0.15) is 11.0 Å². The standard InChI is InChI=1S/C35H50N6O7S2/c1-7-25(4)33(39-35(44)40(5)20-28-23-49-32(37-28)22-48-6)34(43)38-30(17-26-11-9-8-10-12-26)31(42)21-41(19-24(2)3)50(46,47)29-15-13-27(14-16-29)18-36-45/h8-16,18,23-25,30-31,33,42,45H,7,17,19-22H2,1-6H3,(H,38,43)(H,39,44)/t25-,30-,31+,33-/m0/s1. The molecule has 3 rings (SSSR count). The summed E-state index contributed by atoms with van der Waals surface area (Å²) in [7, 11) is -0.856. The summed E-state index contributed by atoms with van der Waals surface area (Å²) in [5, 5.41) is 32.0. The van der Waals surface area contributed by atoms with E-state index < -0.39 is 40.1 Å². The fourth-order valence-corrected chi connectivity index (χ4v) is 7.63. The van der Waals surface area contributed by atoms with Crippen molar-refractivity contribution in [1.82, 2.24) is 24.8 Å². The van der Waals surface area contributed by atoms with Gasteiger partial charge in [0.15, 0.2) is 0 Å². The van der Waals surface area contributed by atoms with Crippen LogP contribution in [0.15, 0.2) is 70.0 Å². The number of aromatic nitrogens is 1. The van der Waals surface area contributed by atoms with Crippen LogP contribution < -0.4 is 10.6 Å². The second kappa shape index (κ2) is 19.5. The van der Waals surface area contributed by atoms with Gasteiger partial charge in [-0.2, -0.15) is 4.31 Å². The molecule has 0 spiro atoms. The predicted octanol–water partition coefficient (Wildman–Crippen LogP) is 4.09. The first kappa shape index (κ1) is 40.5. The summed E-state index contributed by atoms with van der Waals surface area (Å²) < 4.78 is 34.0. The predicted molar refractivity (Wildman–Crippen MR) is 194 cm³/mol. The van der Waals surface area contributed by atoms with Crippen LogP contribution in [-0.4, -0.2) is 96.5 Å². The molecule has 0 aliphatic heterocycles. The van der Waals surface area contributed by atoms with Crippen molar-refractivity contribution in [2.45, 2.75) is 76.8 Å². The number of aliphatic hydroxyl groups excluding tert-OH is 1. The number of nitrogens with one attached hydrogen (secondary N) is 2. The first-order chi connectivity index (χ1) is 23.8. The molecule has 0 saturated carbocycles. The van der Waals surface area contributed by atoms with Crippen LogP contribution in [0.2, 0.25) is 0 Å². The van der Waals surface area contributed by atoms with Gasteiger partial charge in [0.2, 0.25) is 15.9 Å². The SMILES string of the molecule is CC[C@H](C)[C@H](NC(=O)N(C)Cc1csc(COC)n1)C(=O)N[C@@H](Cc1ccccc1)[C@H](O)CN(CC(C)C)S(=O)(=O)c1ccc(C=NO)cc1. The molecule has 0 unspecified atom stereocenters. The number of oxime groups is 1. The average molecular weight is 731 g/mol. The van der Waals surface area contributed by atoms with E-state index in [1.807, 2.05) is 63.4 Å². The summed E-state index contributed by atoms with van der Waals surface area (Å²) in [5.74, 6) is -0.819. The van der Waals surface area contributed by atoms with Crippen LogP contribution in [0, 0.1) is 11.8 Å². The molecule has 3 aromatic rings. The Kier molecular flexibility index (Phi) is 15.8. The molecule has 3 amide bonds. The second-order valence-electron chi connectivity index (χ2n) is 12.7. The molecular weight excluding hydrogens is 681 g/mol. The lowest BCUT2D eigenvalue weighted by Crippen LogP contribution is -2.58. The monoisotopic (exact) mass is 730 g/mol. The molecule has 50 heavy (non-hydrogen) atoms. The van der Waals surface area contributed by atoms with Gasteiger partial charge >= 0.3 is 6.03 Å². The lowest BCUT2D eigenvalue weighted by atomic mass is 9.96.